The lowest BCUT2D eigenvalue weighted by Crippen LogP contribution is -2.48. The number of fused-ring (bicyclic) bond motifs is 1. The normalized spacial score (nSPS) is 23.9. The van der Waals surface area contributed by atoms with Crippen LogP contribution in [0.15, 0.2) is 10.8 Å². The molecule has 1 fully saturated rings. The van der Waals surface area contributed by atoms with Crippen LogP contribution in [0.25, 0.3) is 0 Å². The first kappa shape index (κ1) is 17.2. The smallest absolute Gasteiger partial charge is 0.274 e. The molecule has 0 radical (unpaired) electrons. The Balaban J connectivity index is 1.41. The van der Waals surface area contributed by atoms with E-state index in [1.165, 1.54) is 6.39 Å². The Morgan fingerprint density at radius 3 is 2.77 bits per heavy atom. The summed E-state index contributed by atoms with van der Waals surface area (Å²) < 4.78 is 11.1. The van der Waals surface area contributed by atoms with Gasteiger partial charge in [-0.05, 0) is 20.8 Å². The number of rotatable bonds is 3. The molecule has 2 aromatic heterocycles. The second-order valence-corrected chi connectivity index (χ2v) is 7.18. The number of aryl methyl sites for hydroxylation is 1. The number of oxazole rings is 1. The number of amides is 1. The highest BCUT2D eigenvalue weighted by atomic mass is 16.5. The van der Waals surface area contributed by atoms with Gasteiger partial charge in [-0.25, -0.2) is 4.98 Å². The van der Waals surface area contributed by atoms with E-state index in [1.54, 1.807) is 0 Å². The van der Waals surface area contributed by atoms with Crippen LogP contribution < -0.4 is 0 Å². The summed E-state index contributed by atoms with van der Waals surface area (Å²) in [5.74, 6) is 0.873. The van der Waals surface area contributed by atoms with Crippen molar-refractivity contribution < 1.29 is 13.9 Å². The molecule has 0 aliphatic carbocycles. The Labute approximate surface area is 152 Å². The molecule has 8 heteroatoms. The Bertz CT molecular complexity index is 791. The number of aromatic amines is 1. The lowest BCUT2D eigenvalue weighted by molar-refractivity contribution is -0.00704. The topological polar surface area (TPSA) is 87.5 Å². The summed E-state index contributed by atoms with van der Waals surface area (Å²) in [6.07, 6.45) is 2.26. The van der Waals surface area contributed by atoms with Gasteiger partial charge in [0, 0.05) is 44.7 Å². The molecule has 4 rings (SSSR count). The molecule has 1 amide bonds. The largest absolute Gasteiger partial charge is 0.448 e. The van der Waals surface area contributed by atoms with Gasteiger partial charge in [-0.15, -0.1) is 0 Å². The summed E-state index contributed by atoms with van der Waals surface area (Å²) in [6.45, 7) is 9.74. The third-order valence-corrected chi connectivity index (χ3v) is 5.31. The van der Waals surface area contributed by atoms with Crippen LogP contribution in [0.1, 0.15) is 53.2 Å². The summed E-state index contributed by atoms with van der Waals surface area (Å²) in [7, 11) is 0. The predicted molar refractivity (Wildman–Crippen MR) is 93.7 cm³/mol. The van der Waals surface area contributed by atoms with Crippen molar-refractivity contribution in [1.82, 2.24) is 25.0 Å². The first-order chi connectivity index (χ1) is 12.5. The van der Waals surface area contributed by atoms with Crippen molar-refractivity contribution in [2.45, 2.75) is 45.9 Å². The van der Waals surface area contributed by atoms with Crippen LogP contribution in [0.2, 0.25) is 0 Å². The van der Waals surface area contributed by atoms with Crippen molar-refractivity contribution in [2.24, 2.45) is 0 Å². The van der Waals surface area contributed by atoms with Gasteiger partial charge in [0.25, 0.3) is 5.91 Å². The quantitative estimate of drug-likeness (QED) is 0.897. The number of ether oxygens (including phenoxy) is 1. The number of piperazine rings is 1. The van der Waals surface area contributed by atoms with Crippen LogP contribution in [-0.2, 0) is 17.7 Å². The third kappa shape index (κ3) is 3.14. The van der Waals surface area contributed by atoms with Gasteiger partial charge in [-0.1, -0.05) is 0 Å². The maximum Gasteiger partial charge on any atom is 0.274 e. The standard InChI is InChI=1S/C18H25N5O3/c1-11-8-14-16(13(3)26-11)20-21-17(14)18(24)23-6-4-22(5-7-23)9-15-12(2)25-10-19-15/h10-11,13H,4-9H2,1-3H3,(H,20,21)/t11-,13+/m1/s1. The Morgan fingerprint density at radius 1 is 1.31 bits per heavy atom. The summed E-state index contributed by atoms with van der Waals surface area (Å²) in [5.41, 5.74) is 3.48. The minimum atomic E-state index is -0.0506. The number of carbonyl (C=O) groups excluding carboxylic acids is 1. The molecule has 2 atom stereocenters. The van der Waals surface area contributed by atoms with Gasteiger partial charge in [-0.2, -0.15) is 5.10 Å². The molecule has 0 aromatic carbocycles. The van der Waals surface area contributed by atoms with Gasteiger partial charge >= 0.3 is 0 Å². The molecule has 2 aliphatic heterocycles. The number of nitrogens with one attached hydrogen (secondary N) is 1. The van der Waals surface area contributed by atoms with Gasteiger partial charge in [0.1, 0.15) is 5.76 Å². The zero-order valence-corrected chi connectivity index (χ0v) is 15.5. The minimum Gasteiger partial charge on any atom is -0.448 e. The number of hydrogen-bond donors (Lipinski definition) is 1. The highest BCUT2D eigenvalue weighted by Crippen LogP contribution is 2.30. The molecule has 26 heavy (non-hydrogen) atoms. The summed E-state index contributed by atoms with van der Waals surface area (Å²) in [6, 6.07) is 0. The number of H-pyrrole nitrogens is 1. The third-order valence-electron chi connectivity index (χ3n) is 5.31. The zero-order chi connectivity index (χ0) is 18.3. The molecule has 0 saturated carbocycles. The summed E-state index contributed by atoms with van der Waals surface area (Å²) in [4.78, 5) is 21.4. The van der Waals surface area contributed by atoms with E-state index in [9.17, 15) is 4.79 Å². The van der Waals surface area contributed by atoms with E-state index in [0.717, 1.165) is 48.8 Å². The molecule has 1 N–H and O–H groups in total. The number of nitrogens with zero attached hydrogens (tertiary/aromatic N) is 4. The molecule has 0 bridgehead atoms. The molecular formula is C18H25N5O3. The van der Waals surface area contributed by atoms with Crippen LogP contribution in [-0.4, -0.2) is 63.2 Å². The molecular weight excluding hydrogens is 334 g/mol. The first-order valence-corrected chi connectivity index (χ1v) is 9.16. The second-order valence-electron chi connectivity index (χ2n) is 7.18. The average molecular weight is 359 g/mol. The molecule has 2 aromatic rings. The monoisotopic (exact) mass is 359 g/mol. The lowest BCUT2D eigenvalue weighted by Gasteiger charge is -2.34. The van der Waals surface area contributed by atoms with Crippen LogP contribution in [0.4, 0.5) is 0 Å². The van der Waals surface area contributed by atoms with Crippen LogP contribution >= 0.6 is 0 Å². The first-order valence-electron chi connectivity index (χ1n) is 9.16. The fourth-order valence-corrected chi connectivity index (χ4v) is 3.80. The number of aromatic nitrogens is 3. The lowest BCUT2D eigenvalue weighted by atomic mass is 9.99. The van der Waals surface area contributed by atoms with Gasteiger partial charge in [0.05, 0.1) is 23.6 Å². The Hall–Kier alpha value is -2.19. The molecule has 8 nitrogen and oxygen atoms in total. The van der Waals surface area contributed by atoms with E-state index in [-0.39, 0.29) is 18.1 Å². The van der Waals surface area contributed by atoms with Gasteiger partial charge < -0.3 is 14.1 Å². The molecule has 4 heterocycles. The van der Waals surface area contributed by atoms with Crippen molar-refractivity contribution in [2.75, 3.05) is 26.2 Å². The highest BCUT2D eigenvalue weighted by molar-refractivity contribution is 5.94. The highest BCUT2D eigenvalue weighted by Gasteiger charge is 2.32. The van der Waals surface area contributed by atoms with Gasteiger partial charge in [0.15, 0.2) is 12.1 Å². The molecule has 2 aliphatic rings. The van der Waals surface area contributed by atoms with E-state index >= 15 is 0 Å². The van der Waals surface area contributed by atoms with Crippen molar-refractivity contribution >= 4 is 5.91 Å². The van der Waals surface area contributed by atoms with E-state index in [2.05, 4.69) is 20.1 Å². The van der Waals surface area contributed by atoms with Crippen molar-refractivity contribution in [3.05, 3.63) is 34.8 Å². The van der Waals surface area contributed by atoms with Crippen LogP contribution in [0.5, 0.6) is 0 Å². The summed E-state index contributed by atoms with van der Waals surface area (Å²) in [5, 5.41) is 7.33. The van der Waals surface area contributed by atoms with Crippen LogP contribution in [0.3, 0.4) is 0 Å². The number of carbonyl (C=O) groups is 1. The van der Waals surface area contributed by atoms with E-state index < -0.39 is 0 Å². The van der Waals surface area contributed by atoms with E-state index in [1.807, 2.05) is 25.7 Å². The summed E-state index contributed by atoms with van der Waals surface area (Å²) >= 11 is 0. The van der Waals surface area contributed by atoms with Crippen LogP contribution in [0, 0.1) is 6.92 Å². The fraction of sp³-hybridized carbons (Fsp3) is 0.611. The fourth-order valence-electron chi connectivity index (χ4n) is 3.80. The molecule has 1 saturated heterocycles. The maximum absolute atomic E-state index is 13.0. The molecule has 0 spiro atoms. The minimum absolute atomic E-state index is 0.0149. The molecule has 140 valence electrons. The van der Waals surface area contributed by atoms with E-state index in [0.29, 0.717) is 18.8 Å². The van der Waals surface area contributed by atoms with Gasteiger partial charge in [-0.3, -0.25) is 14.8 Å². The van der Waals surface area contributed by atoms with Crippen molar-refractivity contribution in [3.8, 4) is 0 Å². The van der Waals surface area contributed by atoms with Crippen molar-refractivity contribution in [1.29, 1.82) is 0 Å². The SMILES string of the molecule is Cc1ocnc1CN1CCN(C(=O)c2n[nH]c3c2C[C@@H](C)O[C@H]3C)CC1. The zero-order valence-electron chi connectivity index (χ0n) is 15.5. The molecule has 0 unspecified atom stereocenters. The number of hydrogen-bond acceptors (Lipinski definition) is 6. The Kier molecular flexibility index (Phi) is 4.54. The van der Waals surface area contributed by atoms with Gasteiger partial charge in [0.2, 0.25) is 0 Å². The second kappa shape index (κ2) is 6.85. The van der Waals surface area contributed by atoms with E-state index in [4.69, 9.17) is 9.15 Å². The predicted octanol–water partition coefficient (Wildman–Crippen LogP) is 1.69. The van der Waals surface area contributed by atoms with Crippen molar-refractivity contribution in [3.63, 3.8) is 0 Å². The maximum atomic E-state index is 13.0. The average Bonchev–Trinajstić information content (AvgIpc) is 3.22. The Morgan fingerprint density at radius 2 is 2.08 bits per heavy atom.